The zero-order valence-corrected chi connectivity index (χ0v) is 20.1. The zero-order valence-electron chi connectivity index (χ0n) is 19.3. The number of piperidine rings is 1. The molecule has 0 saturated carbocycles. The van der Waals surface area contributed by atoms with Crippen molar-refractivity contribution in [3.05, 3.63) is 62.0 Å². The molecule has 2 aromatic heterocycles. The van der Waals surface area contributed by atoms with E-state index in [1.165, 1.54) is 16.0 Å². The van der Waals surface area contributed by atoms with E-state index < -0.39 is 0 Å². The summed E-state index contributed by atoms with van der Waals surface area (Å²) >= 11 is 1.21. The molecule has 3 heterocycles. The second-order valence-electron chi connectivity index (χ2n) is 8.30. The topological polar surface area (TPSA) is 97.2 Å². The summed E-state index contributed by atoms with van der Waals surface area (Å²) in [5.41, 5.74) is 4.12. The van der Waals surface area contributed by atoms with Crippen LogP contribution in [0.15, 0.2) is 29.1 Å². The molecule has 0 aliphatic carbocycles. The fourth-order valence-corrected chi connectivity index (χ4v) is 5.07. The third-order valence-electron chi connectivity index (χ3n) is 5.94. The molecule has 4 rings (SSSR count). The number of amides is 2. The molecule has 1 saturated heterocycles. The number of anilines is 1. The van der Waals surface area contributed by atoms with Crippen molar-refractivity contribution in [3.63, 3.8) is 0 Å². The molecule has 1 aromatic carbocycles. The first-order valence-corrected chi connectivity index (χ1v) is 11.8. The van der Waals surface area contributed by atoms with Crippen LogP contribution in [0, 0.1) is 20.8 Å². The second-order valence-corrected chi connectivity index (χ2v) is 9.30. The molecule has 33 heavy (non-hydrogen) atoms. The number of nitrogens with one attached hydrogen (secondary N) is 1. The van der Waals surface area contributed by atoms with Crippen LogP contribution < -0.4 is 15.8 Å². The smallest absolute Gasteiger partial charge is 0.277 e. The molecule has 1 N–H and O–H groups in total. The molecule has 0 atom stereocenters. The Morgan fingerprint density at radius 2 is 1.94 bits per heavy atom. The highest BCUT2D eigenvalue weighted by molar-refractivity contribution is 7.17. The van der Waals surface area contributed by atoms with Crippen molar-refractivity contribution in [2.24, 2.45) is 7.05 Å². The van der Waals surface area contributed by atoms with E-state index in [1.54, 1.807) is 14.0 Å². The van der Waals surface area contributed by atoms with Crippen LogP contribution in [0.25, 0.3) is 10.6 Å². The van der Waals surface area contributed by atoms with Crippen molar-refractivity contribution in [1.29, 1.82) is 0 Å². The van der Waals surface area contributed by atoms with Crippen molar-refractivity contribution in [2.75, 3.05) is 11.4 Å². The summed E-state index contributed by atoms with van der Waals surface area (Å²) in [7, 11) is 1.61. The lowest BCUT2D eigenvalue weighted by molar-refractivity contribution is -0.119. The standard InChI is InChI=1S/C24H27N5O3S/c1-14-15(2)27-28(4)24(32)20(14)23-26-16(3)21(33-23)22(31)25-13-17-8-7-9-18(12-17)29-11-6-5-10-19(29)30/h7-9,12H,5-6,10-11,13H2,1-4H3,(H,25,31). The molecule has 0 bridgehead atoms. The first kappa shape index (κ1) is 22.8. The number of benzene rings is 1. The summed E-state index contributed by atoms with van der Waals surface area (Å²) in [5, 5.41) is 7.68. The number of hydrogen-bond acceptors (Lipinski definition) is 6. The largest absolute Gasteiger partial charge is 0.347 e. The van der Waals surface area contributed by atoms with Gasteiger partial charge in [-0.2, -0.15) is 5.10 Å². The molecule has 3 aromatic rings. The van der Waals surface area contributed by atoms with Crippen molar-refractivity contribution >= 4 is 28.8 Å². The molecule has 1 fully saturated rings. The summed E-state index contributed by atoms with van der Waals surface area (Å²) in [6, 6.07) is 7.70. The maximum atomic E-state index is 12.9. The monoisotopic (exact) mass is 465 g/mol. The van der Waals surface area contributed by atoms with Crippen LogP contribution >= 0.6 is 11.3 Å². The van der Waals surface area contributed by atoms with Gasteiger partial charge in [-0.3, -0.25) is 14.4 Å². The van der Waals surface area contributed by atoms with Crippen LogP contribution in [-0.2, 0) is 18.4 Å². The number of aryl methyl sites for hydroxylation is 3. The molecule has 8 nitrogen and oxygen atoms in total. The average Bonchev–Trinajstić information content (AvgIpc) is 3.18. The number of nitrogens with zero attached hydrogens (tertiary/aromatic N) is 4. The quantitative estimate of drug-likeness (QED) is 0.624. The van der Waals surface area contributed by atoms with Crippen LogP contribution in [0.2, 0.25) is 0 Å². The summed E-state index contributed by atoms with van der Waals surface area (Å²) in [6.07, 6.45) is 2.51. The summed E-state index contributed by atoms with van der Waals surface area (Å²) in [5.74, 6) is -0.0982. The van der Waals surface area contributed by atoms with Gasteiger partial charge in [-0.05, 0) is 56.9 Å². The molecule has 172 valence electrons. The van der Waals surface area contributed by atoms with Gasteiger partial charge in [-0.1, -0.05) is 12.1 Å². The Morgan fingerprint density at radius 3 is 2.70 bits per heavy atom. The highest BCUT2D eigenvalue weighted by Gasteiger charge is 2.22. The van der Waals surface area contributed by atoms with Crippen molar-refractivity contribution in [2.45, 2.75) is 46.6 Å². The highest BCUT2D eigenvalue weighted by Crippen LogP contribution is 2.29. The SMILES string of the molecule is Cc1nc(-c2c(C)c(C)nn(C)c2=O)sc1C(=O)NCc1cccc(N2CCCCC2=O)c1. The minimum absolute atomic E-state index is 0.142. The van der Waals surface area contributed by atoms with Gasteiger partial charge in [0, 0.05) is 32.2 Å². The first-order chi connectivity index (χ1) is 15.8. The van der Waals surface area contributed by atoms with Crippen molar-refractivity contribution < 1.29 is 9.59 Å². The van der Waals surface area contributed by atoms with E-state index in [9.17, 15) is 14.4 Å². The first-order valence-electron chi connectivity index (χ1n) is 11.0. The second kappa shape index (κ2) is 9.27. The summed E-state index contributed by atoms with van der Waals surface area (Å²) in [4.78, 5) is 44.6. The summed E-state index contributed by atoms with van der Waals surface area (Å²) < 4.78 is 1.30. The Hall–Kier alpha value is -3.33. The third kappa shape index (κ3) is 4.59. The van der Waals surface area contributed by atoms with Crippen molar-refractivity contribution in [1.82, 2.24) is 20.1 Å². The van der Waals surface area contributed by atoms with E-state index in [2.05, 4.69) is 15.4 Å². The maximum absolute atomic E-state index is 12.9. The summed E-state index contributed by atoms with van der Waals surface area (Å²) in [6.45, 7) is 6.51. The normalized spacial score (nSPS) is 13.9. The van der Waals surface area contributed by atoms with Crippen LogP contribution in [0.5, 0.6) is 0 Å². The van der Waals surface area contributed by atoms with E-state index >= 15 is 0 Å². The Kier molecular flexibility index (Phi) is 6.42. The molecule has 0 unspecified atom stereocenters. The van der Waals surface area contributed by atoms with Crippen LogP contribution in [0.1, 0.15) is 51.4 Å². The Balaban J connectivity index is 1.52. The van der Waals surface area contributed by atoms with E-state index in [0.29, 0.717) is 34.1 Å². The molecular formula is C24H27N5O3S. The minimum atomic E-state index is -0.240. The van der Waals surface area contributed by atoms with Crippen LogP contribution in [0.4, 0.5) is 5.69 Å². The van der Waals surface area contributed by atoms with Gasteiger partial charge in [-0.25, -0.2) is 9.67 Å². The van der Waals surface area contributed by atoms with Gasteiger partial charge in [-0.15, -0.1) is 11.3 Å². The lowest BCUT2D eigenvalue weighted by Gasteiger charge is -2.27. The van der Waals surface area contributed by atoms with Crippen LogP contribution in [0.3, 0.4) is 0 Å². The number of rotatable bonds is 5. The van der Waals surface area contributed by atoms with E-state index in [1.807, 2.05) is 43.0 Å². The lowest BCUT2D eigenvalue weighted by Crippen LogP contribution is -2.35. The van der Waals surface area contributed by atoms with Gasteiger partial charge in [0.05, 0.1) is 17.0 Å². The minimum Gasteiger partial charge on any atom is -0.347 e. The van der Waals surface area contributed by atoms with E-state index in [4.69, 9.17) is 0 Å². The van der Waals surface area contributed by atoms with E-state index in [0.717, 1.165) is 41.9 Å². The van der Waals surface area contributed by atoms with Gasteiger partial charge in [0.1, 0.15) is 9.88 Å². The molecule has 0 radical (unpaired) electrons. The Bertz CT molecular complexity index is 1290. The van der Waals surface area contributed by atoms with Gasteiger partial charge < -0.3 is 10.2 Å². The van der Waals surface area contributed by atoms with Gasteiger partial charge in [0.2, 0.25) is 5.91 Å². The van der Waals surface area contributed by atoms with Gasteiger partial charge in [0.15, 0.2) is 0 Å². The third-order valence-corrected chi connectivity index (χ3v) is 7.11. The van der Waals surface area contributed by atoms with E-state index in [-0.39, 0.29) is 17.4 Å². The lowest BCUT2D eigenvalue weighted by atomic mass is 10.1. The highest BCUT2D eigenvalue weighted by atomic mass is 32.1. The molecule has 9 heteroatoms. The predicted octanol–water partition coefficient (Wildman–Crippen LogP) is 3.28. The molecule has 2 amide bonds. The molecule has 0 spiro atoms. The number of thiazole rings is 1. The Morgan fingerprint density at radius 1 is 1.15 bits per heavy atom. The fraction of sp³-hybridized carbons (Fsp3) is 0.375. The average molecular weight is 466 g/mol. The maximum Gasteiger partial charge on any atom is 0.277 e. The number of hydrogen-bond donors (Lipinski definition) is 1. The Labute approximate surface area is 196 Å². The molecular weight excluding hydrogens is 438 g/mol. The van der Waals surface area contributed by atoms with Gasteiger partial charge >= 0.3 is 0 Å². The molecule has 1 aliphatic rings. The van der Waals surface area contributed by atoms with Crippen LogP contribution in [-0.4, -0.2) is 33.1 Å². The number of aromatic nitrogens is 3. The van der Waals surface area contributed by atoms with Gasteiger partial charge in [0.25, 0.3) is 11.5 Å². The zero-order chi connectivity index (χ0) is 23.7. The van der Waals surface area contributed by atoms with Crippen molar-refractivity contribution in [3.8, 4) is 10.6 Å². The number of carbonyl (C=O) groups is 2. The molecule has 1 aliphatic heterocycles. The fourth-order valence-electron chi connectivity index (χ4n) is 3.99. The predicted molar refractivity (Wildman–Crippen MR) is 129 cm³/mol. The number of carbonyl (C=O) groups excluding carboxylic acids is 2.